The van der Waals surface area contributed by atoms with Gasteiger partial charge in [-0.25, -0.2) is 0 Å². The minimum atomic E-state index is 0.0560. The Morgan fingerprint density at radius 1 is 1.13 bits per heavy atom. The molecule has 23 heavy (non-hydrogen) atoms. The molecule has 3 heteroatoms. The van der Waals surface area contributed by atoms with Crippen LogP contribution in [0.1, 0.15) is 25.3 Å². The second-order valence-electron chi connectivity index (χ2n) is 6.15. The summed E-state index contributed by atoms with van der Waals surface area (Å²) < 4.78 is 5.62. The molecule has 0 spiro atoms. The molecule has 3 nitrogen and oxygen atoms in total. The highest BCUT2D eigenvalue weighted by Gasteiger charge is 2.23. The third kappa shape index (κ3) is 4.20. The Hall–Kier alpha value is -2.13. The lowest BCUT2D eigenvalue weighted by Gasteiger charge is -2.20. The van der Waals surface area contributed by atoms with E-state index in [1.165, 1.54) is 11.1 Å². The summed E-state index contributed by atoms with van der Waals surface area (Å²) in [7, 11) is 0. The maximum absolute atomic E-state index is 12.2. The Labute approximate surface area is 137 Å². The van der Waals surface area contributed by atoms with Crippen LogP contribution in [-0.2, 0) is 16.0 Å². The first kappa shape index (κ1) is 15.8. The van der Waals surface area contributed by atoms with E-state index in [4.69, 9.17) is 4.74 Å². The van der Waals surface area contributed by atoms with Gasteiger partial charge >= 0.3 is 0 Å². The standard InChI is InChI=1S/C20H23NO2/c1-15(19-8-5-13-23-19)21-20(22)14-16-9-11-18(12-10-16)17-6-3-2-4-7-17/h2-4,6-7,9-12,15,19H,5,8,13-14H2,1H3,(H,21,22). The molecule has 120 valence electrons. The molecular weight excluding hydrogens is 286 g/mol. The molecule has 2 aromatic rings. The number of ether oxygens (including phenoxy) is 1. The van der Waals surface area contributed by atoms with Gasteiger partial charge in [-0.2, -0.15) is 0 Å². The molecular formula is C20H23NO2. The van der Waals surface area contributed by atoms with Crippen LogP contribution in [0.25, 0.3) is 11.1 Å². The first-order valence-electron chi connectivity index (χ1n) is 8.28. The Morgan fingerprint density at radius 2 is 1.83 bits per heavy atom. The van der Waals surface area contributed by atoms with Crippen LogP contribution >= 0.6 is 0 Å². The van der Waals surface area contributed by atoms with Crippen molar-refractivity contribution in [2.24, 2.45) is 0 Å². The highest BCUT2D eigenvalue weighted by atomic mass is 16.5. The summed E-state index contributed by atoms with van der Waals surface area (Å²) >= 11 is 0. The Kier molecular flexibility index (Phi) is 5.09. The lowest BCUT2D eigenvalue weighted by atomic mass is 10.0. The van der Waals surface area contributed by atoms with Crippen LogP contribution in [0.2, 0.25) is 0 Å². The van der Waals surface area contributed by atoms with E-state index in [0.717, 1.165) is 25.0 Å². The van der Waals surface area contributed by atoms with E-state index in [2.05, 4.69) is 29.6 Å². The summed E-state index contributed by atoms with van der Waals surface area (Å²) in [6.45, 7) is 2.83. The van der Waals surface area contributed by atoms with Crippen LogP contribution in [0.3, 0.4) is 0 Å². The normalized spacial score (nSPS) is 18.6. The fourth-order valence-electron chi connectivity index (χ4n) is 3.03. The van der Waals surface area contributed by atoms with Gasteiger partial charge in [-0.1, -0.05) is 54.6 Å². The van der Waals surface area contributed by atoms with E-state index in [1.807, 2.05) is 37.3 Å². The van der Waals surface area contributed by atoms with Gasteiger partial charge in [0.1, 0.15) is 0 Å². The first-order valence-corrected chi connectivity index (χ1v) is 8.28. The van der Waals surface area contributed by atoms with Crippen molar-refractivity contribution in [3.63, 3.8) is 0 Å². The zero-order chi connectivity index (χ0) is 16.1. The topological polar surface area (TPSA) is 38.3 Å². The van der Waals surface area contributed by atoms with E-state index in [1.54, 1.807) is 0 Å². The lowest BCUT2D eigenvalue weighted by Crippen LogP contribution is -2.41. The van der Waals surface area contributed by atoms with Gasteiger partial charge in [0.25, 0.3) is 0 Å². The quantitative estimate of drug-likeness (QED) is 0.917. The minimum Gasteiger partial charge on any atom is -0.376 e. The third-order valence-corrected chi connectivity index (χ3v) is 4.34. The van der Waals surface area contributed by atoms with Crippen molar-refractivity contribution in [1.82, 2.24) is 5.32 Å². The Balaban J connectivity index is 1.56. The Morgan fingerprint density at radius 3 is 2.48 bits per heavy atom. The maximum atomic E-state index is 12.2. The van der Waals surface area contributed by atoms with Gasteiger partial charge < -0.3 is 10.1 Å². The minimum absolute atomic E-state index is 0.0560. The summed E-state index contributed by atoms with van der Waals surface area (Å²) in [6, 6.07) is 18.5. The van der Waals surface area contributed by atoms with Gasteiger partial charge in [0.15, 0.2) is 0 Å². The van der Waals surface area contributed by atoms with Crippen LogP contribution in [0.15, 0.2) is 54.6 Å². The molecule has 1 aliphatic rings. The molecule has 0 saturated carbocycles. The molecule has 0 radical (unpaired) electrons. The van der Waals surface area contributed by atoms with Crippen molar-refractivity contribution in [1.29, 1.82) is 0 Å². The number of nitrogens with one attached hydrogen (secondary N) is 1. The molecule has 1 aliphatic heterocycles. The van der Waals surface area contributed by atoms with E-state index in [9.17, 15) is 4.79 Å². The molecule has 0 aliphatic carbocycles. The smallest absolute Gasteiger partial charge is 0.224 e. The van der Waals surface area contributed by atoms with Gasteiger partial charge in [0.05, 0.1) is 18.6 Å². The number of amides is 1. The van der Waals surface area contributed by atoms with Crippen molar-refractivity contribution in [3.8, 4) is 11.1 Å². The molecule has 1 N–H and O–H groups in total. The molecule has 1 amide bonds. The monoisotopic (exact) mass is 309 g/mol. The molecule has 2 aromatic carbocycles. The summed E-state index contributed by atoms with van der Waals surface area (Å²) in [5.74, 6) is 0.0560. The second kappa shape index (κ2) is 7.42. The number of hydrogen-bond acceptors (Lipinski definition) is 2. The first-order chi connectivity index (χ1) is 11.2. The van der Waals surface area contributed by atoms with Gasteiger partial charge in [-0.15, -0.1) is 0 Å². The maximum Gasteiger partial charge on any atom is 0.224 e. The molecule has 1 heterocycles. The summed E-state index contributed by atoms with van der Waals surface area (Å²) in [4.78, 5) is 12.2. The predicted octanol–water partition coefficient (Wildman–Crippen LogP) is 3.58. The van der Waals surface area contributed by atoms with E-state index in [-0.39, 0.29) is 18.1 Å². The van der Waals surface area contributed by atoms with Crippen LogP contribution in [-0.4, -0.2) is 24.7 Å². The van der Waals surface area contributed by atoms with Gasteiger partial charge in [-0.3, -0.25) is 4.79 Å². The molecule has 1 fully saturated rings. The van der Waals surface area contributed by atoms with Crippen LogP contribution in [0.4, 0.5) is 0 Å². The Bertz CT molecular complexity index is 630. The molecule has 0 aromatic heterocycles. The van der Waals surface area contributed by atoms with Crippen LogP contribution in [0, 0.1) is 0 Å². The predicted molar refractivity (Wildman–Crippen MR) is 92.2 cm³/mol. The summed E-state index contributed by atoms with van der Waals surface area (Å²) in [5.41, 5.74) is 3.39. The summed E-state index contributed by atoms with van der Waals surface area (Å²) in [6.07, 6.45) is 2.70. The molecule has 3 rings (SSSR count). The number of benzene rings is 2. The average molecular weight is 309 g/mol. The number of carbonyl (C=O) groups excluding carboxylic acids is 1. The fourth-order valence-corrected chi connectivity index (χ4v) is 3.03. The van der Waals surface area contributed by atoms with Crippen molar-refractivity contribution >= 4 is 5.91 Å². The van der Waals surface area contributed by atoms with E-state index < -0.39 is 0 Å². The van der Waals surface area contributed by atoms with Crippen molar-refractivity contribution in [2.45, 2.75) is 38.3 Å². The summed E-state index contributed by atoms with van der Waals surface area (Å²) in [5, 5.41) is 3.05. The van der Waals surface area contributed by atoms with Gasteiger partial charge in [-0.05, 0) is 36.5 Å². The van der Waals surface area contributed by atoms with E-state index in [0.29, 0.717) is 6.42 Å². The zero-order valence-corrected chi connectivity index (χ0v) is 13.5. The largest absolute Gasteiger partial charge is 0.376 e. The fraction of sp³-hybridized carbons (Fsp3) is 0.350. The van der Waals surface area contributed by atoms with E-state index >= 15 is 0 Å². The average Bonchev–Trinajstić information content (AvgIpc) is 3.11. The number of rotatable bonds is 5. The highest BCUT2D eigenvalue weighted by Crippen LogP contribution is 2.19. The van der Waals surface area contributed by atoms with Gasteiger partial charge in [0, 0.05) is 6.61 Å². The van der Waals surface area contributed by atoms with Gasteiger partial charge in [0.2, 0.25) is 5.91 Å². The SMILES string of the molecule is CC(NC(=O)Cc1ccc(-c2ccccc2)cc1)C1CCCO1. The second-order valence-corrected chi connectivity index (χ2v) is 6.15. The van der Waals surface area contributed by atoms with Crippen molar-refractivity contribution in [2.75, 3.05) is 6.61 Å². The van der Waals surface area contributed by atoms with Crippen molar-refractivity contribution < 1.29 is 9.53 Å². The molecule has 2 unspecified atom stereocenters. The number of carbonyl (C=O) groups is 1. The number of hydrogen-bond donors (Lipinski definition) is 1. The zero-order valence-electron chi connectivity index (χ0n) is 13.5. The third-order valence-electron chi connectivity index (χ3n) is 4.34. The van der Waals surface area contributed by atoms with Crippen LogP contribution in [0.5, 0.6) is 0 Å². The lowest BCUT2D eigenvalue weighted by molar-refractivity contribution is -0.121. The van der Waals surface area contributed by atoms with Crippen molar-refractivity contribution in [3.05, 3.63) is 60.2 Å². The van der Waals surface area contributed by atoms with Crippen LogP contribution < -0.4 is 5.32 Å². The highest BCUT2D eigenvalue weighted by molar-refractivity contribution is 5.79. The molecule has 0 bridgehead atoms. The molecule has 1 saturated heterocycles. The molecule has 2 atom stereocenters.